The van der Waals surface area contributed by atoms with Crippen LogP contribution in [0.4, 0.5) is 0 Å². The van der Waals surface area contributed by atoms with E-state index in [0.717, 1.165) is 17.8 Å². The van der Waals surface area contributed by atoms with E-state index in [2.05, 4.69) is 19.1 Å². The highest BCUT2D eigenvalue weighted by molar-refractivity contribution is 4.95. The van der Waals surface area contributed by atoms with Crippen LogP contribution < -0.4 is 0 Å². The Kier molecular flexibility index (Phi) is 2.53. The van der Waals surface area contributed by atoms with Crippen molar-refractivity contribution in [1.82, 2.24) is 0 Å². The first-order chi connectivity index (χ1) is 5.84. The van der Waals surface area contributed by atoms with E-state index >= 15 is 0 Å². The molecule has 0 aromatic carbocycles. The van der Waals surface area contributed by atoms with E-state index in [0.29, 0.717) is 0 Å². The maximum atomic E-state index is 2.49. The van der Waals surface area contributed by atoms with Gasteiger partial charge in [0.15, 0.2) is 0 Å². The van der Waals surface area contributed by atoms with Gasteiger partial charge in [-0.25, -0.2) is 0 Å². The molecule has 3 aliphatic carbocycles. The third-order valence-corrected chi connectivity index (χ3v) is 3.51. The zero-order valence-corrected chi connectivity index (χ0v) is 8.13. The highest BCUT2D eigenvalue weighted by atomic mass is 14.3. The highest BCUT2D eigenvalue weighted by Crippen LogP contribution is 2.34. The summed E-state index contributed by atoms with van der Waals surface area (Å²) in [6, 6.07) is 0. The van der Waals surface area contributed by atoms with Gasteiger partial charge in [-0.1, -0.05) is 31.9 Å². The summed E-state index contributed by atoms with van der Waals surface area (Å²) in [5.41, 5.74) is 0. The second-order valence-electron chi connectivity index (χ2n) is 4.80. The van der Waals surface area contributed by atoms with Crippen molar-refractivity contribution < 1.29 is 0 Å². The first-order valence-electron chi connectivity index (χ1n) is 5.51. The van der Waals surface area contributed by atoms with Gasteiger partial charge < -0.3 is 0 Å². The van der Waals surface area contributed by atoms with Crippen LogP contribution in [0.2, 0.25) is 0 Å². The van der Waals surface area contributed by atoms with Gasteiger partial charge in [0.05, 0.1) is 0 Å². The summed E-state index contributed by atoms with van der Waals surface area (Å²) >= 11 is 0. The molecule has 0 N–H and O–H groups in total. The van der Waals surface area contributed by atoms with E-state index < -0.39 is 0 Å². The third-order valence-electron chi connectivity index (χ3n) is 3.51. The Morgan fingerprint density at radius 1 is 1.17 bits per heavy atom. The van der Waals surface area contributed by atoms with Crippen LogP contribution >= 0.6 is 0 Å². The van der Waals surface area contributed by atoms with Crippen molar-refractivity contribution in [2.45, 2.75) is 45.4 Å². The van der Waals surface area contributed by atoms with Crippen LogP contribution in [0.15, 0.2) is 12.2 Å². The molecule has 0 aliphatic heterocycles. The lowest BCUT2D eigenvalue weighted by Crippen LogP contribution is -2.16. The molecule has 3 aliphatic rings. The molecule has 0 saturated heterocycles. The maximum absolute atomic E-state index is 2.49. The van der Waals surface area contributed by atoms with E-state index in [1.165, 1.54) is 38.5 Å². The SMILES string of the molecule is CC1CC2/C=C\CC(CCC2)C1. The zero-order valence-electron chi connectivity index (χ0n) is 8.13. The van der Waals surface area contributed by atoms with Crippen LogP contribution in [0.1, 0.15) is 45.4 Å². The standard InChI is InChI=1S/C12H20/c1-10-8-11-4-2-5-12(9-10)7-3-6-11/h2,4,10-12H,3,5-9H2,1H3/b4-2-. The number of allylic oxidation sites excluding steroid dienone is 2. The summed E-state index contributed by atoms with van der Waals surface area (Å²) in [7, 11) is 0. The topological polar surface area (TPSA) is 0 Å². The fourth-order valence-corrected chi connectivity index (χ4v) is 2.94. The van der Waals surface area contributed by atoms with Gasteiger partial charge in [-0.3, -0.25) is 0 Å². The van der Waals surface area contributed by atoms with Crippen molar-refractivity contribution in [2.75, 3.05) is 0 Å². The van der Waals surface area contributed by atoms with Gasteiger partial charge in [-0.2, -0.15) is 0 Å². The van der Waals surface area contributed by atoms with Gasteiger partial charge in [0.1, 0.15) is 0 Å². The molecule has 3 rings (SSSR count). The summed E-state index contributed by atoms with van der Waals surface area (Å²) in [6.45, 7) is 2.44. The molecule has 0 radical (unpaired) electrons. The van der Waals surface area contributed by atoms with Crippen molar-refractivity contribution in [3.63, 3.8) is 0 Å². The van der Waals surface area contributed by atoms with Crippen molar-refractivity contribution in [1.29, 1.82) is 0 Å². The van der Waals surface area contributed by atoms with Gasteiger partial charge in [0, 0.05) is 0 Å². The monoisotopic (exact) mass is 164 g/mol. The molecular formula is C12H20. The minimum atomic E-state index is 0.918. The lowest BCUT2D eigenvalue weighted by atomic mass is 9.77. The van der Waals surface area contributed by atoms with Crippen molar-refractivity contribution >= 4 is 0 Å². The Morgan fingerprint density at radius 3 is 3.00 bits per heavy atom. The zero-order chi connectivity index (χ0) is 8.39. The summed E-state index contributed by atoms with van der Waals surface area (Å²) < 4.78 is 0. The predicted octanol–water partition coefficient (Wildman–Crippen LogP) is 3.78. The number of rotatable bonds is 0. The van der Waals surface area contributed by atoms with Crippen LogP contribution in [0.5, 0.6) is 0 Å². The molecule has 0 nitrogen and oxygen atoms in total. The fourth-order valence-electron chi connectivity index (χ4n) is 2.94. The van der Waals surface area contributed by atoms with Gasteiger partial charge in [-0.05, 0) is 43.4 Å². The fraction of sp³-hybridized carbons (Fsp3) is 0.833. The molecule has 3 atom stereocenters. The first kappa shape index (κ1) is 8.34. The van der Waals surface area contributed by atoms with E-state index in [1.807, 2.05) is 0 Å². The minimum Gasteiger partial charge on any atom is -0.0880 e. The lowest BCUT2D eigenvalue weighted by molar-refractivity contribution is 0.273. The maximum Gasteiger partial charge on any atom is -0.0231 e. The third kappa shape index (κ3) is 1.91. The van der Waals surface area contributed by atoms with Gasteiger partial charge in [0.25, 0.3) is 0 Å². The van der Waals surface area contributed by atoms with E-state index in [1.54, 1.807) is 0 Å². The summed E-state index contributed by atoms with van der Waals surface area (Å²) in [5, 5.41) is 0. The van der Waals surface area contributed by atoms with E-state index in [4.69, 9.17) is 0 Å². The Bertz CT molecular complexity index is 169. The summed E-state index contributed by atoms with van der Waals surface area (Å²) in [5.74, 6) is 2.91. The normalized spacial score (nSPS) is 44.6. The predicted molar refractivity (Wildman–Crippen MR) is 53.0 cm³/mol. The highest BCUT2D eigenvalue weighted by Gasteiger charge is 2.21. The van der Waals surface area contributed by atoms with Crippen molar-refractivity contribution in [2.24, 2.45) is 17.8 Å². The molecule has 1 fully saturated rings. The second-order valence-corrected chi connectivity index (χ2v) is 4.80. The van der Waals surface area contributed by atoms with Gasteiger partial charge >= 0.3 is 0 Å². The molecule has 68 valence electrons. The molecule has 0 spiro atoms. The number of hydrogen-bond donors (Lipinski definition) is 0. The Labute approximate surface area is 76.1 Å². The molecule has 2 bridgehead atoms. The van der Waals surface area contributed by atoms with Crippen molar-refractivity contribution in [3.05, 3.63) is 12.2 Å². The average Bonchev–Trinajstić information content (AvgIpc) is 1.91. The van der Waals surface area contributed by atoms with Gasteiger partial charge in [0.2, 0.25) is 0 Å². The molecule has 0 heterocycles. The molecule has 1 saturated carbocycles. The molecule has 0 heteroatoms. The molecule has 0 aromatic rings. The summed E-state index contributed by atoms with van der Waals surface area (Å²) in [6.07, 6.45) is 13.7. The Hall–Kier alpha value is -0.260. The molecule has 0 aromatic heterocycles. The van der Waals surface area contributed by atoms with E-state index in [-0.39, 0.29) is 0 Å². The average molecular weight is 164 g/mol. The Balaban J connectivity index is 2.11. The smallest absolute Gasteiger partial charge is 0.0231 e. The van der Waals surface area contributed by atoms with Crippen LogP contribution in [-0.4, -0.2) is 0 Å². The van der Waals surface area contributed by atoms with Gasteiger partial charge in [-0.15, -0.1) is 0 Å². The quantitative estimate of drug-likeness (QED) is 0.478. The number of hydrogen-bond acceptors (Lipinski definition) is 0. The molecule has 3 unspecified atom stereocenters. The summed E-state index contributed by atoms with van der Waals surface area (Å²) in [4.78, 5) is 0. The first-order valence-corrected chi connectivity index (χ1v) is 5.51. The molecule has 0 amide bonds. The lowest BCUT2D eigenvalue weighted by Gasteiger charge is -2.29. The Morgan fingerprint density at radius 2 is 2.08 bits per heavy atom. The second kappa shape index (κ2) is 3.64. The number of fused-ring (bicyclic) bond motifs is 5. The largest absolute Gasteiger partial charge is 0.0880 e. The van der Waals surface area contributed by atoms with Crippen molar-refractivity contribution in [3.8, 4) is 0 Å². The molecule has 12 heavy (non-hydrogen) atoms. The van der Waals surface area contributed by atoms with Crippen LogP contribution in [0.25, 0.3) is 0 Å². The van der Waals surface area contributed by atoms with Crippen LogP contribution in [0, 0.1) is 17.8 Å². The molecular weight excluding hydrogens is 144 g/mol. The minimum absolute atomic E-state index is 0.918. The van der Waals surface area contributed by atoms with Crippen LogP contribution in [0.3, 0.4) is 0 Å². The van der Waals surface area contributed by atoms with E-state index in [9.17, 15) is 0 Å². The van der Waals surface area contributed by atoms with Crippen LogP contribution in [-0.2, 0) is 0 Å².